The molecule has 0 atom stereocenters. The number of para-hydroxylation sites is 1. The van der Waals surface area contributed by atoms with E-state index in [9.17, 15) is 13.2 Å². The summed E-state index contributed by atoms with van der Waals surface area (Å²) in [4.78, 5) is 17.0. The average Bonchev–Trinajstić information content (AvgIpc) is 3.26. The lowest BCUT2D eigenvalue weighted by Crippen LogP contribution is -2.23. The van der Waals surface area contributed by atoms with Crippen LogP contribution in [0.5, 0.6) is 5.75 Å². The lowest BCUT2D eigenvalue weighted by Gasteiger charge is -2.16. The molecule has 8 nitrogen and oxygen atoms in total. The fraction of sp³-hybridized carbons (Fsp3) is 0.304. The van der Waals surface area contributed by atoms with Crippen LogP contribution in [0.1, 0.15) is 25.3 Å². The molecule has 1 aromatic heterocycles. The van der Waals surface area contributed by atoms with Crippen LogP contribution in [0.3, 0.4) is 0 Å². The second-order valence-corrected chi connectivity index (χ2v) is 10.8. The smallest absolute Gasteiger partial charge is 0.246 e. The highest BCUT2D eigenvalue weighted by molar-refractivity contribution is 7.99. The fourth-order valence-corrected chi connectivity index (χ4v) is 5.10. The number of thioether (sulfide) groups is 1. The minimum atomic E-state index is -3.73. The number of nitrogens with one attached hydrogen (secondary N) is 1. The number of anilines is 1. The predicted octanol–water partition coefficient (Wildman–Crippen LogP) is 3.99. The van der Waals surface area contributed by atoms with Crippen molar-refractivity contribution in [3.05, 3.63) is 60.4 Å². The van der Waals surface area contributed by atoms with E-state index in [0.29, 0.717) is 16.8 Å². The van der Waals surface area contributed by atoms with E-state index in [1.165, 1.54) is 50.7 Å². The zero-order valence-electron chi connectivity index (χ0n) is 19.3. The number of sulfonamides is 1. The summed E-state index contributed by atoms with van der Waals surface area (Å²) in [6, 6.07) is 12.6. The summed E-state index contributed by atoms with van der Waals surface area (Å²) in [5.74, 6) is 0.391. The lowest BCUT2D eigenvalue weighted by molar-refractivity contribution is -0.113. The molecule has 176 valence electrons. The van der Waals surface area contributed by atoms with Gasteiger partial charge in [0.2, 0.25) is 15.9 Å². The molecule has 0 aliphatic heterocycles. The van der Waals surface area contributed by atoms with Crippen LogP contribution in [-0.2, 0) is 14.8 Å². The Labute approximate surface area is 199 Å². The van der Waals surface area contributed by atoms with Gasteiger partial charge >= 0.3 is 0 Å². The number of hydrogen-bond donors (Lipinski definition) is 1. The Kier molecular flexibility index (Phi) is 7.83. The molecule has 0 saturated heterocycles. The molecule has 3 rings (SSSR count). The molecule has 0 unspecified atom stereocenters. The largest absolute Gasteiger partial charge is 0.495 e. The molecule has 2 aromatic carbocycles. The van der Waals surface area contributed by atoms with E-state index in [-0.39, 0.29) is 22.3 Å². The second-order valence-electron chi connectivity index (χ2n) is 7.78. The van der Waals surface area contributed by atoms with Gasteiger partial charge in [0, 0.05) is 32.2 Å². The number of amides is 1. The first-order valence-corrected chi connectivity index (χ1v) is 12.7. The summed E-state index contributed by atoms with van der Waals surface area (Å²) in [5, 5.41) is 3.46. The normalized spacial score (nSPS) is 11.7. The van der Waals surface area contributed by atoms with Crippen molar-refractivity contribution in [2.45, 2.75) is 29.8 Å². The van der Waals surface area contributed by atoms with Crippen LogP contribution in [0.25, 0.3) is 5.69 Å². The van der Waals surface area contributed by atoms with Gasteiger partial charge < -0.3 is 10.1 Å². The van der Waals surface area contributed by atoms with Gasteiger partial charge in [-0.1, -0.05) is 43.8 Å². The number of methoxy groups -OCH3 is 1. The standard InChI is InChI=1S/C23H28N4O4S2/c1-16(2)18-8-6-7-9-19(18)27-13-12-24-23(27)32-15-22(28)25-17-10-11-20(31-5)21(14-17)33(29,30)26(3)4/h6-14,16H,15H2,1-5H3,(H,25,28). The van der Waals surface area contributed by atoms with Crippen molar-refractivity contribution in [3.8, 4) is 11.4 Å². The minimum Gasteiger partial charge on any atom is -0.495 e. The van der Waals surface area contributed by atoms with Crippen molar-refractivity contribution < 1.29 is 17.9 Å². The van der Waals surface area contributed by atoms with E-state index in [1.54, 1.807) is 12.3 Å². The van der Waals surface area contributed by atoms with Gasteiger partial charge in [-0.05, 0) is 35.7 Å². The molecule has 0 bridgehead atoms. The summed E-state index contributed by atoms with van der Waals surface area (Å²) in [5.41, 5.74) is 2.59. The summed E-state index contributed by atoms with van der Waals surface area (Å²) in [7, 11) is 0.548. The molecule has 33 heavy (non-hydrogen) atoms. The lowest BCUT2D eigenvalue weighted by atomic mass is 10.0. The van der Waals surface area contributed by atoms with E-state index < -0.39 is 10.0 Å². The monoisotopic (exact) mass is 488 g/mol. The van der Waals surface area contributed by atoms with Gasteiger partial charge in [-0.15, -0.1) is 0 Å². The first-order chi connectivity index (χ1) is 15.6. The topological polar surface area (TPSA) is 93.5 Å². The zero-order chi connectivity index (χ0) is 24.2. The number of nitrogens with zero attached hydrogens (tertiary/aromatic N) is 3. The maximum absolute atomic E-state index is 12.6. The molecule has 0 aliphatic rings. The van der Waals surface area contributed by atoms with Gasteiger partial charge in [-0.2, -0.15) is 0 Å². The van der Waals surface area contributed by atoms with Gasteiger partial charge in [-0.3, -0.25) is 9.36 Å². The van der Waals surface area contributed by atoms with Crippen molar-refractivity contribution in [3.63, 3.8) is 0 Å². The minimum absolute atomic E-state index is 0.0127. The highest BCUT2D eigenvalue weighted by atomic mass is 32.2. The van der Waals surface area contributed by atoms with Crippen molar-refractivity contribution in [1.82, 2.24) is 13.9 Å². The van der Waals surface area contributed by atoms with Crippen LogP contribution in [0.4, 0.5) is 5.69 Å². The van der Waals surface area contributed by atoms with Crippen LogP contribution in [0.2, 0.25) is 0 Å². The van der Waals surface area contributed by atoms with Crippen LogP contribution in [0, 0.1) is 0 Å². The Morgan fingerprint density at radius 1 is 1.21 bits per heavy atom. The SMILES string of the molecule is COc1ccc(NC(=O)CSc2nccn2-c2ccccc2C(C)C)cc1S(=O)(=O)N(C)C. The van der Waals surface area contributed by atoms with E-state index in [1.807, 2.05) is 29.0 Å². The molecule has 0 radical (unpaired) electrons. The molecule has 3 aromatic rings. The number of ether oxygens (including phenoxy) is 1. The van der Waals surface area contributed by atoms with Gasteiger partial charge in [0.1, 0.15) is 10.6 Å². The van der Waals surface area contributed by atoms with Crippen molar-refractivity contribution in [2.24, 2.45) is 0 Å². The van der Waals surface area contributed by atoms with Gasteiger partial charge in [-0.25, -0.2) is 17.7 Å². The molecule has 0 fully saturated rings. The van der Waals surface area contributed by atoms with E-state index in [4.69, 9.17) is 4.74 Å². The summed E-state index contributed by atoms with van der Waals surface area (Å²) in [6.07, 6.45) is 3.59. The third-order valence-corrected chi connectivity index (χ3v) is 7.77. The number of benzene rings is 2. The van der Waals surface area contributed by atoms with E-state index in [0.717, 1.165) is 9.99 Å². The quantitative estimate of drug-likeness (QED) is 0.458. The Morgan fingerprint density at radius 2 is 1.94 bits per heavy atom. The molecule has 0 saturated carbocycles. The zero-order valence-corrected chi connectivity index (χ0v) is 20.9. The predicted molar refractivity (Wildman–Crippen MR) is 131 cm³/mol. The number of hydrogen-bond acceptors (Lipinski definition) is 6. The number of aromatic nitrogens is 2. The maximum atomic E-state index is 12.6. The Bertz CT molecular complexity index is 1240. The molecular weight excluding hydrogens is 460 g/mol. The summed E-state index contributed by atoms with van der Waals surface area (Å²) in [6.45, 7) is 4.27. The van der Waals surface area contributed by atoms with Gasteiger partial charge in [0.15, 0.2) is 5.16 Å². The van der Waals surface area contributed by atoms with Crippen molar-refractivity contribution in [1.29, 1.82) is 0 Å². The maximum Gasteiger partial charge on any atom is 0.246 e. The van der Waals surface area contributed by atoms with Crippen LogP contribution in [0.15, 0.2) is 64.9 Å². The fourth-order valence-electron chi connectivity index (χ4n) is 3.25. The highest BCUT2D eigenvalue weighted by Crippen LogP contribution is 2.30. The van der Waals surface area contributed by atoms with Crippen LogP contribution < -0.4 is 10.1 Å². The Hall–Kier alpha value is -2.82. The number of imidazole rings is 1. The van der Waals surface area contributed by atoms with Crippen LogP contribution >= 0.6 is 11.8 Å². The number of carbonyl (C=O) groups excluding carboxylic acids is 1. The van der Waals surface area contributed by atoms with Gasteiger partial charge in [0.05, 0.1) is 18.6 Å². The molecule has 1 amide bonds. The molecule has 0 spiro atoms. The Morgan fingerprint density at radius 3 is 2.61 bits per heavy atom. The summed E-state index contributed by atoms with van der Waals surface area (Å²) < 4.78 is 33.5. The summed E-state index contributed by atoms with van der Waals surface area (Å²) >= 11 is 1.31. The van der Waals surface area contributed by atoms with Gasteiger partial charge in [0.25, 0.3) is 0 Å². The Balaban J connectivity index is 1.75. The van der Waals surface area contributed by atoms with Crippen molar-refractivity contribution in [2.75, 3.05) is 32.3 Å². The van der Waals surface area contributed by atoms with Crippen LogP contribution in [-0.4, -0.2) is 55.1 Å². The first kappa shape index (κ1) is 24.8. The molecule has 10 heteroatoms. The third kappa shape index (κ3) is 5.58. The highest BCUT2D eigenvalue weighted by Gasteiger charge is 2.23. The number of rotatable bonds is 9. The molecule has 1 heterocycles. The third-order valence-electron chi connectivity index (χ3n) is 4.96. The van der Waals surface area contributed by atoms with Crippen molar-refractivity contribution >= 4 is 33.4 Å². The van der Waals surface area contributed by atoms with E-state index in [2.05, 4.69) is 30.2 Å². The number of carbonyl (C=O) groups is 1. The molecule has 1 N–H and O–H groups in total. The second kappa shape index (κ2) is 10.4. The molecule has 0 aliphatic carbocycles. The first-order valence-electron chi connectivity index (χ1n) is 10.3. The van der Waals surface area contributed by atoms with E-state index >= 15 is 0 Å². The molecular formula is C23H28N4O4S2. The average molecular weight is 489 g/mol.